The summed E-state index contributed by atoms with van der Waals surface area (Å²) < 4.78 is 1.62. The van der Waals surface area contributed by atoms with Crippen LogP contribution >= 0.6 is 11.6 Å². The molecule has 0 saturated carbocycles. The maximum atomic E-state index is 12.2. The fourth-order valence-corrected chi connectivity index (χ4v) is 2.60. The Kier molecular flexibility index (Phi) is 5.11. The van der Waals surface area contributed by atoms with E-state index in [-0.39, 0.29) is 19.0 Å². The summed E-state index contributed by atoms with van der Waals surface area (Å²) in [5, 5.41) is 16.3. The molecule has 1 aromatic heterocycles. The molecule has 0 aliphatic rings. The second-order valence-corrected chi connectivity index (χ2v) is 5.94. The van der Waals surface area contributed by atoms with Crippen molar-refractivity contribution in [2.24, 2.45) is 0 Å². The van der Waals surface area contributed by atoms with Crippen molar-refractivity contribution in [3.05, 3.63) is 64.9 Å². The molecule has 2 N–H and O–H groups in total. The molecule has 1 amide bonds. The molecule has 2 aromatic carbocycles. The Hall–Kier alpha value is -2.70. The lowest BCUT2D eigenvalue weighted by Crippen LogP contribution is -2.27. The zero-order valence-corrected chi connectivity index (χ0v) is 14.4. The first-order valence-electron chi connectivity index (χ1n) is 7.77. The SMILES string of the molecule is Cc1cccc(-n2nc(C(=O)NCCO)nc2-c2cccc(Cl)c2)c1. The van der Waals surface area contributed by atoms with Gasteiger partial charge in [-0.05, 0) is 36.8 Å². The average Bonchev–Trinajstić information content (AvgIpc) is 3.05. The molecule has 0 radical (unpaired) electrons. The van der Waals surface area contributed by atoms with Crippen LogP contribution in [0.25, 0.3) is 17.1 Å². The number of rotatable bonds is 5. The summed E-state index contributed by atoms with van der Waals surface area (Å²) in [5.74, 6) is 0.107. The van der Waals surface area contributed by atoms with Crippen LogP contribution in [-0.2, 0) is 0 Å². The third kappa shape index (κ3) is 3.87. The summed E-state index contributed by atoms with van der Waals surface area (Å²) in [6, 6.07) is 15.0. The Labute approximate surface area is 150 Å². The number of carbonyl (C=O) groups is 1. The Bertz CT molecular complexity index is 845. The van der Waals surface area contributed by atoms with Gasteiger partial charge in [0.1, 0.15) is 0 Å². The molecule has 6 nitrogen and oxygen atoms in total. The van der Waals surface area contributed by atoms with E-state index in [4.69, 9.17) is 16.7 Å². The number of hydrogen-bond acceptors (Lipinski definition) is 4. The lowest BCUT2D eigenvalue weighted by molar-refractivity contribution is 0.0934. The largest absolute Gasteiger partial charge is 0.395 e. The number of aryl methyl sites for hydroxylation is 1. The van der Waals surface area contributed by atoms with Crippen LogP contribution < -0.4 is 5.32 Å². The molecule has 3 aromatic rings. The Morgan fingerprint density at radius 3 is 2.76 bits per heavy atom. The van der Waals surface area contributed by atoms with Gasteiger partial charge in [-0.2, -0.15) is 0 Å². The monoisotopic (exact) mass is 356 g/mol. The maximum absolute atomic E-state index is 12.2. The number of halogens is 1. The van der Waals surface area contributed by atoms with E-state index in [9.17, 15) is 4.79 Å². The van der Waals surface area contributed by atoms with E-state index in [0.717, 1.165) is 16.8 Å². The van der Waals surface area contributed by atoms with Gasteiger partial charge in [0.05, 0.1) is 12.3 Å². The summed E-state index contributed by atoms with van der Waals surface area (Å²) in [5.41, 5.74) is 2.61. The normalized spacial score (nSPS) is 10.7. The Balaban J connectivity index is 2.11. The van der Waals surface area contributed by atoms with Gasteiger partial charge < -0.3 is 10.4 Å². The second-order valence-electron chi connectivity index (χ2n) is 5.50. The lowest BCUT2D eigenvalue weighted by atomic mass is 10.2. The van der Waals surface area contributed by atoms with Crippen molar-refractivity contribution in [3.63, 3.8) is 0 Å². The van der Waals surface area contributed by atoms with Crippen molar-refractivity contribution in [2.45, 2.75) is 6.92 Å². The molecule has 0 fully saturated rings. The molecule has 0 aliphatic heterocycles. The van der Waals surface area contributed by atoms with Crippen LogP contribution in [0.15, 0.2) is 48.5 Å². The Morgan fingerprint density at radius 2 is 2.04 bits per heavy atom. The van der Waals surface area contributed by atoms with E-state index in [2.05, 4.69) is 15.4 Å². The van der Waals surface area contributed by atoms with E-state index in [1.54, 1.807) is 16.8 Å². The van der Waals surface area contributed by atoms with Gasteiger partial charge in [0, 0.05) is 17.1 Å². The van der Waals surface area contributed by atoms with Gasteiger partial charge in [-0.1, -0.05) is 35.9 Å². The van der Waals surface area contributed by atoms with Crippen LogP contribution in [0.2, 0.25) is 5.02 Å². The first-order chi connectivity index (χ1) is 12.1. The van der Waals surface area contributed by atoms with Gasteiger partial charge in [-0.25, -0.2) is 9.67 Å². The topological polar surface area (TPSA) is 80.0 Å². The molecule has 25 heavy (non-hydrogen) atoms. The number of aromatic nitrogens is 3. The number of aliphatic hydroxyl groups is 1. The van der Waals surface area contributed by atoms with E-state index in [1.807, 2.05) is 43.3 Å². The second kappa shape index (κ2) is 7.46. The van der Waals surface area contributed by atoms with Crippen molar-refractivity contribution in [1.29, 1.82) is 0 Å². The molecule has 1 heterocycles. The molecule has 0 saturated heterocycles. The zero-order chi connectivity index (χ0) is 17.8. The highest BCUT2D eigenvalue weighted by atomic mass is 35.5. The minimum atomic E-state index is -0.441. The van der Waals surface area contributed by atoms with Gasteiger partial charge in [0.2, 0.25) is 5.82 Å². The lowest BCUT2D eigenvalue weighted by Gasteiger charge is -2.07. The molecule has 3 rings (SSSR count). The highest BCUT2D eigenvalue weighted by Crippen LogP contribution is 2.24. The first kappa shape index (κ1) is 17.1. The summed E-state index contributed by atoms with van der Waals surface area (Å²) >= 11 is 6.09. The van der Waals surface area contributed by atoms with Crippen LogP contribution in [0.4, 0.5) is 0 Å². The zero-order valence-electron chi connectivity index (χ0n) is 13.6. The van der Waals surface area contributed by atoms with Gasteiger partial charge in [0.15, 0.2) is 5.82 Å². The van der Waals surface area contributed by atoms with Gasteiger partial charge in [0.25, 0.3) is 5.91 Å². The number of hydrogen-bond donors (Lipinski definition) is 2. The van der Waals surface area contributed by atoms with Gasteiger partial charge in [-0.15, -0.1) is 5.10 Å². The molecule has 7 heteroatoms. The summed E-state index contributed by atoms with van der Waals surface area (Å²) in [6.45, 7) is 1.98. The Morgan fingerprint density at radius 1 is 1.24 bits per heavy atom. The summed E-state index contributed by atoms with van der Waals surface area (Å²) in [4.78, 5) is 16.6. The minimum Gasteiger partial charge on any atom is -0.395 e. The van der Waals surface area contributed by atoms with E-state index < -0.39 is 5.91 Å². The number of carbonyl (C=O) groups excluding carboxylic acids is 1. The predicted molar refractivity (Wildman–Crippen MR) is 96.0 cm³/mol. The molecule has 0 aliphatic carbocycles. The summed E-state index contributed by atoms with van der Waals surface area (Å²) in [7, 11) is 0. The van der Waals surface area contributed by atoms with Crippen molar-refractivity contribution in [2.75, 3.05) is 13.2 Å². The van der Waals surface area contributed by atoms with Crippen molar-refractivity contribution < 1.29 is 9.90 Å². The standard InChI is InChI=1S/C18H17ClN4O2/c1-12-4-2-7-15(10-12)23-17(13-5-3-6-14(19)11-13)21-16(22-23)18(25)20-8-9-24/h2-7,10-11,24H,8-9H2,1H3,(H,20,25). The number of nitrogens with zero attached hydrogens (tertiary/aromatic N) is 3. The number of nitrogens with one attached hydrogen (secondary N) is 1. The van der Waals surface area contributed by atoms with E-state index in [0.29, 0.717) is 10.8 Å². The smallest absolute Gasteiger partial charge is 0.291 e. The quantitative estimate of drug-likeness (QED) is 0.736. The fraction of sp³-hybridized carbons (Fsp3) is 0.167. The van der Waals surface area contributed by atoms with Crippen molar-refractivity contribution in [3.8, 4) is 17.1 Å². The highest BCUT2D eigenvalue weighted by molar-refractivity contribution is 6.30. The number of aliphatic hydroxyl groups excluding tert-OH is 1. The summed E-state index contributed by atoms with van der Waals surface area (Å²) in [6.07, 6.45) is 0. The molecular formula is C18H17ClN4O2. The van der Waals surface area contributed by atoms with Crippen LogP contribution in [0.1, 0.15) is 16.2 Å². The third-order valence-corrected chi connectivity index (χ3v) is 3.77. The van der Waals surface area contributed by atoms with Gasteiger partial charge in [-0.3, -0.25) is 4.79 Å². The predicted octanol–water partition coefficient (Wildman–Crippen LogP) is 2.62. The van der Waals surface area contributed by atoms with E-state index in [1.165, 1.54) is 0 Å². The molecule has 0 unspecified atom stereocenters. The molecular weight excluding hydrogens is 340 g/mol. The maximum Gasteiger partial charge on any atom is 0.291 e. The van der Waals surface area contributed by atoms with Crippen molar-refractivity contribution >= 4 is 17.5 Å². The minimum absolute atomic E-state index is 0.0323. The average molecular weight is 357 g/mol. The third-order valence-electron chi connectivity index (χ3n) is 3.54. The molecule has 0 spiro atoms. The van der Waals surface area contributed by atoms with E-state index >= 15 is 0 Å². The fourth-order valence-electron chi connectivity index (χ4n) is 2.41. The molecule has 0 bridgehead atoms. The number of amides is 1. The number of benzene rings is 2. The van der Waals surface area contributed by atoms with Gasteiger partial charge >= 0.3 is 0 Å². The van der Waals surface area contributed by atoms with Crippen LogP contribution in [0.3, 0.4) is 0 Å². The molecule has 0 atom stereocenters. The first-order valence-corrected chi connectivity index (χ1v) is 8.15. The highest BCUT2D eigenvalue weighted by Gasteiger charge is 2.18. The van der Waals surface area contributed by atoms with Crippen LogP contribution in [0.5, 0.6) is 0 Å². The molecule has 128 valence electrons. The van der Waals surface area contributed by atoms with Crippen LogP contribution in [-0.4, -0.2) is 38.9 Å². The van der Waals surface area contributed by atoms with Crippen LogP contribution in [0, 0.1) is 6.92 Å². The van der Waals surface area contributed by atoms with Crippen molar-refractivity contribution in [1.82, 2.24) is 20.1 Å².